The number of benzene rings is 3. The molecule has 6 rings (SSSR count). The van der Waals surface area contributed by atoms with Gasteiger partial charge in [-0.1, -0.05) is 91.7 Å². The Kier molecular flexibility index (Phi) is 6.07. The van der Waals surface area contributed by atoms with Gasteiger partial charge in [-0.2, -0.15) is 0 Å². The fourth-order valence-electron chi connectivity index (χ4n) is 6.86. The lowest BCUT2D eigenvalue weighted by molar-refractivity contribution is -0.125. The number of piperidine rings is 1. The second-order valence-corrected chi connectivity index (χ2v) is 10.4. The Bertz CT molecular complexity index is 1130. The third-order valence-electron chi connectivity index (χ3n) is 8.61. The highest BCUT2D eigenvalue weighted by atomic mass is 16.2. The van der Waals surface area contributed by atoms with Crippen molar-refractivity contribution in [2.75, 3.05) is 18.0 Å². The number of carbonyl (C=O) groups excluding carboxylic acids is 1. The number of hydrogen-bond donors (Lipinski definition) is 1. The van der Waals surface area contributed by atoms with Gasteiger partial charge in [-0.3, -0.25) is 9.69 Å². The first kappa shape index (κ1) is 22.4. The first-order valence-corrected chi connectivity index (χ1v) is 13.3. The predicted octanol–water partition coefficient (Wildman–Crippen LogP) is 5.88. The van der Waals surface area contributed by atoms with Gasteiger partial charge in [0.25, 0.3) is 0 Å². The Morgan fingerprint density at radius 3 is 1.94 bits per heavy atom. The van der Waals surface area contributed by atoms with Crippen LogP contribution in [0.1, 0.15) is 61.7 Å². The minimum Gasteiger partial charge on any atom is -0.332 e. The average Bonchev–Trinajstić information content (AvgIpc) is 3.22. The normalized spacial score (nSPS) is 26.6. The van der Waals surface area contributed by atoms with Crippen LogP contribution in [0.4, 0.5) is 5.69 Å². The van der Waals surface area contributed by atoms with Crippen molar-refractivity contribution >= 4 is 11.6 Å². The van der Waals surface area contributed by atoms with Crippen molar-refractivity contribution in [1.82, 2.24) is 10.2 Å². The molecule has 3 aliphatic rings. The molecule has 1 N–H and O–H groups in total. The molecule has 3 aromatic rings. The summed E-state index contributed by atoms with van der Waals surface area (Å²) in [5.41, 5.74) is 3.23. The number of anilines is 1. The zero-order valence-electron chi connectivity index (χ0n) is 20.4. The number of amides is 1. The van der Waals surface area contributed by atoms with Crippen molar-refractivity contribution in [2.24, 2.45) is 0 Å². The summed E-state index contributed by atoms with van der Waals surface area (Å²) in [4.78, 5) is 18.8. The van der Waals surface area contributed by atoms with Gasteiger partial charge in [0.15, 0.2) is 0 Å². The molecule has 2 saturated heterocycles. The molecule has 2 heterocycles. The van der Waals surface area contributed by atoms with Gasteiger partial charge in [0.1, 0.15) is 11.7 Å². The van der Waals surface area contributed by atoms with Gasteiger partial charge in [0.2, 0.25) is 5.91 Å². The van der Waals surface area contributed by atoms with Crippen LogP contribution in [0.3, 0.4) is 0 Å². The third kappa shape index (κ3) is 4.04. The van der Waals surface area contributed by atoms with E-state index >= 15 is 0 Å². The molecular formula is C31H35N3O. The largest absolute Gasteiger partial charge is 0.332 e. The molecule has 3 fully saturated rings. The molecule has 2 aliphatic heterocycles. The molecule has 1 amide bonds. The molecule has 0 radical (unpaired) electrons. The summed E-state index contributed by atoms with van der Waals surface area (Å²) in [5.74, 6) is 0.775. The molecule has 35 heavy (non-hydrogen) atoms. The first-order chi connectivity index (χ1) is 17.3. The van der Waals surface area contributed by atoms with Crippen molar-refractivity contribution in [3.05, 3.63) is 102 Å². The Labute approximate surface area is 209 Å². The highest BCUT2D eigenvalue weighted by molar-refractivity contribution is 5.94. The molecule has 1 saturated carbocycles. The lowest BCUT2D eigenvalue weighted by Gasteiger charge is -2.49. The smallest absolute Gasteiger partial charge is 0.247 e. The van der Waals surface area contributed by atoms with Gasteiger partial charge in [0.05, 0.1) is 0 Å². The second kappa shape index (κ2) is 9.50. The van der Waals surface area contributed by atoms with Crippen LogP contribution in [0.15, 0.2) is 91.0 Å². The van der Waals surface area contributed by atoms with E-state index in [2.05, 4.69) is 100 Å². The van der Waals surface area contributed by atoms with Crippen molar-refractivity contribution in [3.8, 4) is 0 Å². The van der Waals surface area contributed by atoms with E-state index in [0.29, 0.717) is 12.0 Å². The van der Waals surface area contributed by atoms with E-state index in [1.54, 1.807) is 0 Å². The fraction of sp³-hybridized carbons (Fsp3) is 0.387. The summed E-state index contributed by atoms with van der Waals surface area (Å²) < 4.78 is 0. The highest BCUT2D eigenvalue weighted by Crippen LogP contribution is 2.45. The van der Waals surface area contributed by atoms with Gasteiger partial charge < -0.3 is 10.2 Å². The quantitative estimate of drug-likeness (QED) is 0.522. The van der Waals surface area contributed by atoms with Crippen molar-refractivity contribution in [1.29, 1.82) is 0 Å². The van der Waals surface area contributed by atoms with Gasteiger partial charge in [-0.25, -0.2) is 0 Å². The number of carbonyl (C=O) groups is 1. The Morgan fingerprint density at radius 2 is 1.29 bits per heavy atom. The van der Waals surface area contributed by atoms with Gasteiger partial charge in [-0.05, 0) is 54.9 Å². The lowest BCUT2D eigenvalue weighted by Crippen LogP contribution is -2.58. The van der Waals surface area contributed by atoms with E-state index in [0.717, 1.165) is 37.2 Å². The SMILES string of the molecule is O=C1N[C@@H](c2ccccc2)N(c2ccccc2)C12CCN(C1CCCCC1c1ccccc1)CC2. The first-order valence-electron chi connectivity index (χ1n) is 13.3. The van der Waals surface area contributed by atoms with Crippen LogP contribution in [0.5, 0.6) is 0 Å². The molecule has 4 nitrogen and oxygen atoms in total. The maximum absolute atomic E-state index is 13.7. The van der Waals surface area contributed by atoms with E-state index in [4.69, 9.17) is 0 Å². The summed E-state index contributed by atoms with van der Waals surface area (Å²) in [6.07, 6.45) is 6.73. The van der Waals surface area contributed by atoms with Crippen LogP contribution in [-0.4, -0.2) is 35.5 Å². The molecular weight excluding hydrogens is 430 g/mol. The standard InChI is InChI=1S/C31H35N3O/c35-30-31(34(26-16-8-3-9-17-26)29(32-30)25-14-6-2-7-15-25)20-22-33(23-21-31)28-19-11-10-18-27(28)24-12-4-1-5-13-24/h1-9,12-17,27-29H,10-11,18-23H2,(H,32,35)/t27?,28?,29-/m1/s1. The number of rotatable bonds is 4. The summed E-state index contributed by atoms with van der Waals surface area (Å²) in [6, 6.07) is 32.6. The molecule has 0 bridgehead atoms. The maximum atomic E-state index is 13.7. The van der Waals surface area contributed by atoms with Crippen LogP contribution in [0.2, 0.25) is 0 Å². The zero-order chi connectivity index (χ0) is 23.7. The topological polar surface area (TPSA) is 35.6 Å². The molecule has 3 aromatic carbocycles. The molecule has 1 spiro atoms. The Balaban J connectivity index is 1.28. The lowest BCUT2D eigenvalue weighted by atomic mass is 9.77. The van der Waals surface area contributed by atoms with Crippen molar-refractivity contribution in [2.45, 2.75) is 62.2 Å². The summed E-state index contributed by atoms with van der Waals surface area (Å²) >= 11 is 0. The summed E-state index contributed by atoms with van der Waals surface area (Å²) in [6.45, 7) is 1.93. The number of hydrogen-bond acceptors (Lipinski definition) is 3. The highest BCUT2D eigenvalue weighted by Gasteiger charge is 2.55. The average molecular weight is 466 g/mol. The minimum absolute atomic E-state index is 0.135. The third-order valence-corrected chi connectivity index (χ3v) is 8.61. The van der Waals surface area contributed by atoms with Gasteiger partial charge in [0, 0.05) is 24.8 Å². The maximum Gasteiger partial charge on any atom is 0.247 e. The predicted molar refractivity (Wildman–Crippen MR) is 141 cm³/mol. The molecule has 180 valence electrons. The van der Waals surface area contributed by atoms with E-state index in [1.165, 1.54) is 31.2 Å². The molecule has 2 unspecified atom stereocenters. The number of nitrogens with zero attached hydrogens (tertiary/aromatic N) is 2. The van der Waals surface area contributed by atoms with Crippen LogP contribution in [0.25, 0.3) is 0 Å². The Hall–Kier alpha value is -3.11. The van der Waals surface area contributed by atoms with Crippen LogP contribution in [-0.2, 0) is 4.79 Å². The second-order valence-electron chi connectivity index (χ2n) is 10.4. The van der Waals surface area contributed by atoms with E-state index in [9.17, 15) is 4.79 Å². The van der Waals surface area contributed by atoms with E-state index in [1.807, 2.05) is 6.07 Å². The van der Waals surface area contributed by atoms with Crippen LogP contribution < -0.4 is 10.2 Å². The number of nitrogens with one attached hydrogen (secondary N) is 1. The monoisotopic (exact) mass is 465 g/mol. The van der Waals surface area contributed by atoms with Crippen molar-refractivity contribution in [3.63, 3.8) is 0 Å². The molecule has 1 aliphatic carbocycles. The molecule has 4 heteroatoms. The molecule has 3 atom stereocenters. The molecule has 0 aromatic heterocycles. The number of likely N-dealkylation sites (tertiary alicyclic amines) is 1. The fourth-order valence-corrected chi connectivity index (χ4v) is 6.86. The zero-order valence-corrected chi connectivity index (χ0v) is 20.4. The summed E-state index contributed by atoms with van der Waals surface area (Å²) in [7, 11) is 0. The number of para-hydroxylation sites is 1. The van der Waals surface area contributed by atoms with E-state index in [-0.39, 0.29) is 12.1 Å². The van der Waals surface area contributed by atoms with Crippen molar-refractivity contribution < 1.29 is 4.79 Å². The van der Waals surface area contributed by atoms with Crippen LogP contribution >= 0.6 is 0 Å². The summed E-state index contributed by atoms with van der Waals surface area (Å²) in [5, 5.41) is 3.38. The van der Waals surface area contributed by atoms with Crippen LogP contribution in [0, 0.1) is 0 Å². The van der Waals surface area contributed by atoms with Gasteiger partial charge in [-0.15, -0.1) is 0 Å². The van der Waals surface area contributed by atoms with Gasteiger partial charge >= 0.3 is 0 Å². The van der Waals surface area contributed by atoms with E-state index < -0.39 is 5.54 Å². The minimum atomic E-state index is -0.505. The Morgan fingerprint density at radius 1 is 0.714 bits per heavy atom.